The molecule has 0 aromatic carbocycles. The fourth-order valence-electron chi connectivity index (χ4n) is 2.94. The third-order valence-corrected chi connectivity index (χ3v) is 9.17. The molecule has 0 unspecified atom stereocenters. The summed E-state index contributed by atoms with van der Waals surface area (Å²) in [5, 5.41) is -0.143. The first kappa shape index (κ1) is 21.4. The van der Waals surface area contributed by atoms with Crippen molar-refractivity contribution in [2.24, 2.45) is 0 Å². The van der Waals surface area contributed by atoms with Crippen molar-refractivity contribution in [2.75, 3.05) is 0 Å². The number of hydrogen-bond donors (Lipinski definition) is 0. The summed E-state index contributed by atoms with van der Waals surface area (Å²) in [4.78, 5) is 0. The Kier molecular flexibility index (Phi) is 8.03. The van der Waals surface area contributed by atoms with Crippen LogP contribution in [-0.4, -0.2) is 20.8 Å². The van der Waals surface area contributed by atoms with Gasteiger partial charge in [0.1, 0.15) is 0 Å². The molecule has 0 radical (unpaired) electrons. The number of rotatable bonds is 9. The molecule has 0 aromatic rings. The minimum Gasteiger partial charge on any atom is -0.391 e. The van der Waals surface area contributed by atoms with E-state index in [1.807, 2.05) is 6.08 Å². The van der Waals surface area contributed by atoms with Crippen LogP contribution >= 0.6 is 0 Å². The Balaban J connectivity index is 5.72. The van der Waals surface area contributed by atoms with Gasteiger partial charge in [-0.3, -0.25) is 0 Å². The molecule has 0 amide bonds. The average Bonchev–Trinajstić information content (AvgIpc) is 2.38. The Hall–Kier alpha value is -0.643. The lowest BCUT2D eigenvalue weighted by Crippen LogP contribution is -2.59. The van der Waals surface area contributed by atoms with Crippen LogP contribution in [0.25, 0.3) is 0 Å². The maximum absolute atomic E-state index is 6.68. The van der Waals surface area contributed by atoms with Crippen LogP contribution in [0.4, 0.5) is 0 Å². The normalized spacial score (nSPS) is 14.7. The largest absolute Gasteiger partial charge is 0.391 e. The summed E-state index contributed by atoms with van der Waals surface area (Å²) in [6.45, 7) is 27.0. The highest BCUT2D eigenvalue weighted by molar-refractivity contribution is 6.73. The summed E-state index contributed by atoms with van der Waals surface area (Å²) < 4.78 is 13.2. The van der Waals surface area contributed by atoms with E-state index in [2.05, 4.69) is 68.2 Å². The molecule has 0 N–H and O–H groups in total. The van der Waals surface area contributed by atoms with E-state index in [1.54, 1.807) is 12.2 Å². The summed E-state index contributed by atoms with van der Waals surface area (Å²) in [5.41, 5.74) is 0. The molecule has 3 heteroatoms. The fraction of sp³-hybridized carbons (Fsp3) is 0.684. The molecule has 128 valence electrons. The summed E-state index contributed by atoms with van der Waals surface area (Å²) in [6, 6.07) is 0. The molecule has 1 atom stereocenters. The van der Waals surface area contributed by atoms with Crippen LogP contribution in [0.2, 0.25) is 10.1 Å². The van der Waals surface area contributed by atoms with Gasteiger partial charge in [-0.1, -0.05) is 59.8 Å². The van der Waals surface area contributed by atoms with Crippen molar-refractivity contribution >= 4 is 8.56 Å². The summed E-state index contributed by atoms with van der Waals surface area (Å²) in [6.07, 6.45) is 7.39. The minimum absolute atomic E-state index is 0.0715. The first-order valence-electron chi connectivity index (χ1n) is 8.16. The van der Waals surface area contributed by atoms with Gasteiger partial charge in [-0.15, -0.1) is 19.7 Å². The Bertz CT molecular complexity index is 352. The van der Waals surface area contributed by atoms with Crippen LogP contribution < -0.4 is 0 Å². The molecule has 0 fully saturated rings. The molecular weight excluding hydrogens is 288 g/mol. The van der Waals surface area contributed by atoms with Crippen molar-refractivity contribution in [1.29, 1.82) is 0 Å². The molecule has 0 aromatic heterocycles. The molecule has 0 aliphatic heterocycles. The molecule has 0 heterocycles. The van der Waals surface area contributed by atoms with E-state index in [9.17, 15) is 0 Å². The second-order valence-electron chi connectivity index (χ2n) is 7.96. The quantitative estimate of drug-likeness (QED) is 0.373. The van der Waals surface area contributed by atoms with Crippen LogP contribution in [0.15, 0.2) is 38.0 Å². The van der Waals surface area contributed by atoms with Crippen LogP contribution in [0.1, 0.15) is 61.3 Å². The lowest BCUT2D eigenvalue weighted by molar-refractivity contribution is 0.0766. The second kappa shape index (κ2) is 8.28. The SMILES string of the molecule is C=CCC[C@H](C)O[Si](OC(C=C)C=C)(C(C)(C)C)C(C)(C)C. The van der Waals surface area contributed by atoms with E-state index in [-0.39, 0.29) is 22.3 Å². The van der Waals surface area contributed by atoms with Gasteiger partial charge in [-0.25, -0.2) is 0 Å². The predicted molar refractivity (Wildman–Crippen MR) is 100 cm³/mol. The van der Waals surface area contributed by atoms with Crippen LogP contribution in [0, 0.1) is 0 Å². The summed E-state index contributed by atoms with van der Waals surface area (Å²) in [7, 11) is -2.59. The summed E-state index contributed by atoms with van der Waals surface area (Å²) >= 11 is 0. The molecule has 0 aliphatic rings. The van der Waals surface area contributed by atoms with Gasteiger partial charge in [-0.2, -0.15) is 0 Å². The van der Waals surface area contributed by atoms with Gasteiger partial charge in [0.25, 0.3) is 0 Å². The van der Waals surface area contributed by atoms with Crippen molar-refractivity contribution in [2.45, 2.75) is 83.6 Å². The van der Waals surface area contributed by atoms with Crippen LogP contribution in [-0.2, 0) is 8.85 Å². The lowest BCUT2D eigenvalue weighted by Gasteiger charge is -2.51. The lowest BCUT2D eigenvalue weighted by atomic mass is 10.2. The number of allylic oxidation sites excluding steroid dienone is 1. The van der Waals surface area contributed by atoms with E-state index in [0.717, 1.165) is 12.8 Å². The Morgan fingerprint density at radius 3 is 1.68 bits per heavy atom. The van der Waals surface area contributed by atoms with Gasteiger partial charge in [0.05, 0.1) is 6.10 Å². The molecule has 22 heavy (non-hydrogen) atoms. The van der Waals surface area contributed by atoms with Crippen molar-refractivity contribution in [3.63, 3.8) is 0 Å². The Labute approximate surface area is 139 Å². The maximum atomic E-state index is 6.68. The average molecular weight is 325 g/mol. The molecular formula is C19H36O2Si. The van der Waals surface area contributed by atoms with Gasteiger partial charge in [0, 0.05) is 16.2 Å². The molecule has 0 saturated carbocycles. The first-order valence-corrected chi connectivity index (χ1v) is 9.98. The molecule has 0 aliphatic carbocycles. The molecule has 0 saturated heterocycles. The van der Waals surface area contributed by atoms with E-state index >= 15 is 0 Å². The fourth-order valence-corrected chi connectivity index (χ4v) is 7.92. The smallest absolute Gasteiger partial charge is 0.350 e. The first-order chi connectivity index (χ1) is 9.95. The van der Waals surface area contributed by atoms with Crippen molar-refractivity contribution in [3.8, 4) is 0 Å². The Morgan fingerprint density at radius 1 is 0.909 bits per heavy atom. The second-order valence-corrected chi connectivity index (χ2v) is 12.7. The van der Waals surface area contributed by atoms with Gasteiger partial charge < -0.3 is 8.85 Å². The highest BCUT2D eigenvalue weighted by atomic mass is 28.4. The van der Waals surface area contributed by atoms with Crippen molar-refractivity contribution in [3.05, 3.63) is 38.0 Å². The van der Waals surface area contributed by atoms with Crippen molar-refractivity contribution in [1.82, 2.24) is 0 Å². The highest BCUT2D eigenvalue weighted by Crippen LogP contribution is 2.53. The molecule has 2 nitrogen and oxygen atoms in total. The third kappa shape index (κ3) is 5.22. The molecule has 0 bridgehead atoms. The van der Waals surface area contributed by atoms with Crippen molar-refractivity contribution < 1.29 is 8.85 Å². The van der Waals surface area contributed by atoms with Gasteiger partial charge in [0.2, 0.25) is 0 Å². The zero-order valence-electron chi connectivity index (χ0n) is 15.7. The van der Waals surface area contributed by atoms with Gasteiger partial charge in [0.15, 0.2) is 0 Å². The zero-order chi connectivity index (χ0) is 17.6. The van der Waals surface area contributed by atoms with E-state index in [1.165, 1.54) is 0 Å². The van der Waals surface area contributed by atoms with E-state index in [0.29, 0.717) is 0 Å². The Morgan fingerprint density at radius 2 is 1.36 bits per heavy atom. The predicted octanol–water partition coefficient (Wildman–Crippen LogP) is 6.16. The highest BCUT2D eigenvalue weighted by Gasteiger charge is 2.59. The molecule has 0 rings (SSSR count). The van der Waals surface area contributed by atoms with E-state index in [4.69, 9.17) is 8.85 Å². The van der Waals surface area contributed by atoms with Gasteiger partial charge in [-0.05, 0) is 19.8 Å². The molecule has 0 spiro atoms. The monoisotopic (exact) mass is 324 g/mol. The van der Waals surface area contributed by atoms with E-state index < -0.39 is 8.56 Å². The standard InChI is InChI=1S/C19H36O2Si/c1-11-14-15-16(4)20-22(18(5,6)7,19(8,9)10)21-17(12-2)13-3/h11-13,16-17H,1-3,14-15H2,4-10H3/t16-/m0/s1. The zero-order valence-corrected chi connectivity index (χ0v) is 16.7. The minimum atomic E-state index is -2.59. The van der Waals surface area contributed by atoms with Crippen LogP contribution in [0.3, 0.4) is 0 Å². The third-order valence-electron chi connectivity index (χ3n) is 3.89. The topological polar surface area (TPSA) is 18.5 Å². The van der Waals surface area contributed by atoms with Gasteiger partial charge >= 0.3 is 8.56 Å². The van der Waals surface area contributed by atoms with Crippen LogP contribution in [0.5, 0.6) is 0 Å². The number of hydrogen-bond acceptors (Lipinski definition) is 2. The maximum Gasteiger partial charge on any atom is 0.350 e. The summed E-state index contributed by atoms with van der Waals surface area (Å²) in [5.74, 6) is 0.